The molecule has 120 valence electrons. The van der Waals surface area contributed by atoms with Crippen LogP contribution in [0.2, 0.25) is 0 Å². The number of piperidine rings is 2. The van der Waals surface area contributed by atoms with Crippen molar-refractivity contribution in [3.8, 4) is 0 Å². The first-order chi connectivity index (χ1) is 9.74. The molecule has 1 atom stereocenters. The normalized spacial score (nSPS) is 26.9. The Balaban J connectivity index is 0.00000161. The highest BCUT2D eigenvalue weighted by atomic mass is 35.5. The van der Waals surface area contributed by atoms with Crippen LogP contribution in [0.1, 0.15) is 44.9 Å². The Bertz CT molecular complexity index is 373. The van der Waals surface area contributed by atoms with Crippen LogP contribution in [-0.4, -0.2) is 48.4 Å². The van der Waals surface area contributed by atoms with E-state index in [-0.39, 0.29) is 30.4 Å². The maximum Gasteiger partial charge on any atom is 0.237 e. The van der Waals surface area contributed by atoms with E-state index in [1.807, 2.05) is 4.90 Å². The van der Waals surface area contributed by atoms with Gasteiger partial charge in [-0.05, 0) is 45.1 Å². The topological polar surface area (TPSA) is 61.4 Å². The number of nitrogens with one attached hydrogen (secondary N) is 2. The molecule has 3 fully saturated rings. The van der Waals surface area contributed by atoms with Crippen LogP contribution in [0, 0.1) is 5.92 Å². The molecule has 0 aromatic rings. The van der Waals surface area contributed by atoms with Crippen molar-refractivity contribution in [2.45, 2.75) is 57.0 Å². The SMILES string of the molecule is Cl.O=C(NC1CCN(C(=O)C2CC2)CC1)C1CCCCN1. The van der Waals surface area contributed by atoms with Gasteiger partial charge in [0, 0.05) is 25.0 Å². The first-order valence-corrected chi connectivity index (χ1v) is 8.06. The highest BCUT2D eigenvalue weighted by molar-refractivity contribution is 5.85. The third-order valence-electron chi connectivity index (χ3n) is 4.71. The quantitative estimate of drug-likeness (QED) is 0.819. The number of nitrogens with zero attached hydrogens (tertiary/aromatic N) is 1. The number of rotatable bonds is 3. The summed E-state index contributed by atoms with van der Waals surface area (Å²) in [4.78, 5) is 26.1. The molecule has 2 N–H and O–H groups in total. The molecule has 0 radical (unpaired) electrons. The molecule has 6 heteroatoms. The summed E-state index contributed by atoms with van der Waals surface area (Å²) in [6.07, 6.45) is 7.20. The van der Waals surface area contributed by atoms with E-state index in [4.69, 9.17) is 0 Å². The largest absolute Gasteiger partial charge is 0.352 e. The summed E-state index contributed by atoms with van der Waals surface area (Å²) < 4.78 is 0. The van der Waals surface area contributed by atoms with Crippen molar-refractivity contribution in [2.75, 3.05) is 19.6 Å². The van der Waals surface area contributed by atoms with Crippen LogP contribution in [0.15, 0.2) is 0 Å². The Morgan fingerprint density at radius 3 is 2.29 bits per heavy atom. The van der Waals surface area contributed by atoms with Gasteiger partial charge >= 0.3 is 0 Å². The average Bonchev–Trinajstić information content (AvgIpc) is 3.33. The standard InChI is InChI=1S/C15H25N3O2.ClH/c19-14(13-3-1-2-8-16-13)17-12-6-9-18(10-7-12)15(20)11-4-5-11;/h11-13,16H,1-10H2,(H,17,19);1H. The lowest BCUT2D eigenvalue weighted by atomic mass is 10.0. The summed E-state index contributed by atoms with van der Waals surface area (Å²) in [6.45, 7) is 2.56. The molecule has 21 heavy (non-hydrogen) atoms. The van der Waals surface area contributed by atoms with E-state index >= 15 is 0 Å². The van der Waals surface area contributed by atoms with Gasteiger partial charge in [0.15, 0.2) is 0 Å². The van der Waals surface area contributed by atoms with E-state index in [9.17, 15) is 9.59 Å². The first kappa shape index (κ1) is 16.6. The molecule has 2 heterocycles. The lowest BCUT2D eigenvalue weighted by Crippen LogP contribution is -2.52. The van der Waals surface area contributed by atoms with Crippen molar-refractivity contribution in [1.29, 1.82) is 0 Å². The van der Waals surface area contributed by atoms with Gasteiger partial charge in [0.05, 0.1) is 6.04 Å². The Morgan fingerprint density at radius 2 is 1.71 bits per heavy atom. The summed E-state index contributed by atoms with van der Waals surface area (Å²) in [7, 11) is 0. The molecule has 0 bridgehead atoms. The number of amides is 2. The van der Waals surface area contributed by atoms with Gasteiger partial charge in [0.25, 0.3) is 0 Å². The van der Waals surface area contributed by atoms with Crippen molar-refractivity contribution in [1.82, 2.24) is 15.5 Å². The number of likely N-dealkylation sites (tertiary alicyclic amines) is 1. The fraction of sp³-hybridized carbons (Fsp3) is 0.867. The molecule has 0 aromatic carbocycles. The van der Waals surface area contributed by atoms with Gasteiger partial charge in [-0.3, -0.25) is 9.59 Å². The average molecular weight is 316 g/mol. The number of halogens is 1. The van der Waals surface area contributed by atoms with Crippen LogP contribution < -0.4 is 10.6 Å². The van der Waals surface area contributed by atoms with Crippen LogP contribution >= 0.6 is 12.4 Å². The minimum absolute atomic E-state index is 0. The maximum atomic E-state index is 12.1. The summed E-state index contributed by atoms with van der Waals surface area (Å²) in [5.41, 5.74) is 0. The van der Waals surface area contributed by atoms with Gasteiger partial charge in [-0.2, -0.15) is 0 Å². The maximum absolute atomic E-state index is 12.1. The zero-order valence-corrected chi connectivity index (χ0v) is 13.3. The zero-order valence-electron chi connectivity index (χ0n) is 12.5. The van der Waals surface area contributed by atoms with Gasteiger partial charge in [-0.15, -0.1) is 12.4 Å². The number of carbonyl (C=O) groups excluding carboxylic acids is 2. The molecule has 1 aliphatic carbocycles. The van der Waals surface area contributed by atoms with Crippen molar-refractivity contribution in [3.05, 3.63) is 0 Å². The second-order valence-electron chi connectivity index (χ2n) is 6.38. The fourth-order valence-electron chi connectivity index (χ4n) is 3.21. The van der Waals surface area contributed by atoms with Gasteiger partial charge in [0.2, 0.25) is 11.8 Å². The third kappa shape index (κ3) is 4.33. The van der Waals surface area contributed by atoms with Gasteiger partial charge in [0.1, 0.15) is 0 Å². The van der Waals surface area contributed by atoms with Crippen LogP contribution in [-0.2, 0) is 9.59 Å². The minimum atomic E-state index is -0.00474. The lowest BCUT2D eigenvalue weighted by Gasteiger charge is -2.33. The molecule has 1 unspecified atom stereocenters. The Kier molecular flexibility index (Phi) is 5.88. The van der Waals surface area contributed by atoms with Gasteiger partial charge in [-0.25, -0.2) is 0 Å². The van der Waals surface area contributed by atoms with Crippen LogP contribution in [0.4, 0.5) is 0 Å². The van der Waals surface area contributed by atoms with E-state index in [0.717, 1.165) is 58.2 Å². The molecular formula is C15H26ClN3O2. The van der Waals surface area contributed by atoms with E-state index < -0.39 is 0 Å². The third-order valence-corrected chi connectivity index (χ3v) is 4.71. The summed E-state index contributed by atoms with van der Waals surface area (Å²) in [6, 6.07) is 0.240. The Labute approximate surface area is 132 Å². The number of carbonyl (C=O) groups is 2. The van der Waals surface area contributed by atoms with Crippen LogP contribution in [0.3, 0.4) is 0 Å². The van der Waals surface area contributed by atoms with E-state index in [2.05, 4.69) is 10.6 Å². The number of hydrogen-bond donors (Lipinski definition) is 2. The second kappa shape index (κ2) is 7.45. The van der Waals surface area contributed by atoms with E-state index in [1.54, 1.807) is 0 Å². The first-order valence-electron chi connectivity index (χ1n) is 8.06. The second-order valence-corrected chi connectivity index (χ2v) is 6.38. The fourth-order valence-corrected chi connectivity index (χ4v) is 3.21. The monoisotopic (exact) mass is 315 g/mol. The van der Waals surface area contributed by atoms with Crippen molar-refractivity contribution >= 4 is 24.2 Å². The molecule has 3 rings (SSSR count). The minimum Gasteiger partial charge on any atom is -0.352 e. The van der Waals surface area contributed by atoms with Crippen molar-refractivity contribution < 1.29 is 9.59 Å². The van der Waals surface area contributed by atoms with Crippen molar-refractivity contribution in [3.63, 3.8) is 0 Å². The predicted octanol–water partition coefficient (Wildman–Crippen LogP) is 1.07. The molecule has 3 aliphatic rings. The summed E-state index contributed by atoms with van der Waals surface area (Å²) in [5, 5.41) is 6.44. The summed E-state index contributed by atoms with van der Waals surface area (Å²) in [5.74, 6) is 0.799. The van der Waals surface area contributed by atoms with E-state index in [0.29, 0.717) is 11.8 Å². The highest BCUT2D eigenvalue weighted by Crippen LogP contribution is 2.31. The molecule has 1 saturated carbocycles. The van der Waals surface area contributed by atoms with Gasteiger partial charge < -0.3 is 15.5 Å². The Morgan fingerprint density at radius 1 is 1.00 bits per heavy atom. The molecule has 0 aromatic heterocycles. The Hall–Kier alpha value is -0.810. The number of hydrogen-bond acceptors (Lipinski definition) is 3. The summed E-state index contributed by atoms with van der Waals surface area (Å²) >= 11 is 0. The zero-order chi connectivity index (χ0) is 13.9. The molecular weight excluding hydrogens is 290 g/mol. The molecule has 2 saturated heterocycles. The van der Waals surface area contributed by atoms with Crippen LogP contribution in [0.5, 0.6) is 0 Å². The van der Waals surface area contributed by atoms with Gasteiger partial charge in [-0.1, -0.05) is 6.42 Å². The van der Waals surface area contributed by atoms with Crippen molar-refractivity contribution in [2.24, 2.45) is 5.92 Å². The molecule has 5 nitrogen and oxygen atoms in total. The predicted molar refractivity (Wildman–Crippen MR) is 83.4 cm³/mol. The highest BCUT2D eigenvalue weighted by Gasteiger charge is 2.35. The van der Waals surface area contributed by atoms with E-state index in [1.165, 1.54) is 6.42 Å². The molecule has 0 spiro atoms. The smallest absolute Gasteiger partial charge is 0.237 e. The lowest BCUT2D eigenvalue weighted by molar-refractivity contribution is -0.133. The van der Waals surface area contributed by atoms with Crippen LogP contribution in [0.25, 0.3) is 0 Å². The molecule has 2 aliphatic heterocycles. The molecule has 2 amide bonds.